The van der Waals surface area contributed by atoms with Crippen molar-refractivity contribution in [2.75, 3.05) is 6.54 Å². The number of halogens is 1. The number of hydrogen-bond acceptors (Lipinski definition) is 3. The number of rotatable bonds is 6. The highest BCUT2D eigenvalue weighted by Crippen LogP contribution is 2.42. The summed E-state index contributed by atoms with van der Waals surface area (Å²) < 4.78 is 14.3. The van der Waals surface area contributed by atoms with Gasteiger partial charge in [0, 0.05) is 35.5 Å². The molecule has 1 aliphatic heterocycles. The van der Waals surface area contributed by atoms with Crippen LogP contribution >= 0.6 is 11.8 Å². The Morgan fingerprint density at radius 2 is 1.91 bits per heavy atom. The van der Waals surface area contributed by atoms with Crippen molar-refractivity contribution in [1.29, 1.82) is 0 Å². The molecule has 2 aliphatic rings. The average molecular weight is 453 g/mol. The first-order chi connectivity index (χ1) is 15.6. The smallest absolute Gasteiger partial charge is 0.260 e. The van der Waals surface area contributed by atoms with Crippen LogP contribution in [0.1, 0.15) is 60.5 Å². The van der Waals surface area contributed by atoms with Crippen molar-refractivity contribution in [3.63, 3.8) is 0 Å². The molecule has 2 atom stereocenters. The third kappa shape index (κ3) is 5.07. The van der Waals surface area contributed by atoms with Gasteiger partial charge in [0.2, 0.25) is 0 Å². The molecule has 2 amide bonds. The lowest BCUT2D eigenvalue weighted by Gasteiger charge is -2.44. The molecule has 0 spiro atoms. The van der Waals surface area contributed by atoms with Gasteiger partial charge in [0.05, 0.1) is 4.91 Å². The highest BCUT2D eigenvalue weighted by molar-refractivity contribution is 8.04. The number of hydrogen-bond donors (Lipinski definition) is 1. The van der Waals surface area contributed by atoms with Gasteiger partial charge >= 0.3 is 0 Å². The normalized spacial score (nSPS) is 22.0. The number of thioether (sulfide) groups is 1. The fraction of sp³-hybridized carbons (Fsp3) is 0.385. The molecular weight excluding hydrogens is 423 g/mol. The maximum atomic E-state index is 14.3. The minimum atomic E-state index is -0.270. The zero-order valence-corrected chi connectivity index (χ0v) is 19.2. The fourth-order valence-corrected chi connectivity index (χ4v) is 5.87. The molecule has 2 fully saturated rings. The van der Waals surface area contributed by atoms with Crippen molar-refractivity contribution in [3.05, 3.63) is 75.9 Å². The van der Waals surface area contributed by atoms with E-state index in [9.17, 15) is 14.0 Å². The number of nitrogens with zero attached hydrogens (tertiary/aromatic N) is 1. The first-order valence-electron chi connectivity index (χ1n) is 11.4. The van der Waals surface area contributed by atoms with Crippen molar-refractivity contribution in [2.45, 2.75) is 56.9 Å². The van der Waals surface area contributed by atoms with Gasteiger partial charge in [0.1, 0.15) is 5.82 Å². The number of carbonyl (C=O) groups excluding carboxylic acids is 2. The van der Waals surface area contributed by atoms with Crippen molar-refractivity contribution >= 4 is 29.7 Å². The van der Waals surface area contributed by atoms with Crippen LogP contribution in [0.2, 0.25) is 0 Å². The van der Waals surface area contributed by atoms with E-state index < -0.39 is 0 Å². The van der Waals surface area contributed by atoms with E-state index in [1.165, 1.54) is 6.07 Å². The van der Waals surface area contributed by atoms with Crippen LogP contribution < -0.4 is 5.32 Å². The summed E-state index contributed by atoms with van der Waals surface area (Å²) in [6.45, 7) is 2.96. The summed E-state index contributed by atoms with van der Waals surface area (Å²) in [6, 6.07) is 14.2. The second-order valence-corrected chi connectivity index (χ2v) is 9.70. The van der Waals surface area contributed by atoms with E-state index in [-0.39, 0.29) is 23.7 Å². The molecular formula is C26H29FN2O2S. The zero-order valence-electron chi connectivity index (χ0n) is 18.4. The predicted molar refractivity (Wildman–Crippen MR) is 128 cm³/mol. The number of nitrogens with one attached hydrogen (secondary N) is 1. The fourth-order valence-electron chi connectivity index (χ4n) is 4.39. The molecule has 6 heteroatoms. The van der Waals surface area contributed by atoms with Gasteiger partial charge < -0.3 is 10.2 Å². The summed E-state index contributed by atoms with van der Waals surface area (Å²) in [5.74, 6) is -0.394. The van der Waals surface area contributed by atoms with Gasteiger partial charge in [-0.2, -0.15) is 0 Å². The molecule has 1 heterocycles. The third-order valence-electron chi connectivity index (χ3n) is 6.12. The standard InChI is InChI=1S/C26H29FN2O2S/c1-2-15-28-25(30)19-13-11-18(12-14-19)16-24-26(31)29(17-20-7-3-4-8-21(20)27)22-9-5-6-10-23(22)32-24/h3-4,7-8,11-14,16,22-23H,2,5-6,9-10,15,17H2,1H3,(H,28,30)/b24-16-. The van der Waals surface area contributed by atoms with Crippen LogP contribution in [0, 0.1) is 5.82 Å². The second-order valence-electron chi connectivity index (χ2n) is 8.42. The highest BCUT2D eigenvalue weighted by atomic mass is 32.2. The number of fused-ring (bicyclic) bond motifs is 1. The van der Waals surface area contributed by atoms with E-state index in [1.54, 1.807) is 36.0 Å². The Bertz CT molecular complexity index is 1010. The number of carbonyl (C=O) groups is 2. The molecule has 1 aliphatic carbocycles. The van der Waals surface area contributed by atoms with Crippen molar-refractivity contribution in [3.8, 4) is 0 Å². The molecule has 0 bridgehead atoms. The molecule has 2 aromatic carbocycles. The summed E-state index contributed by atoms with van der Waals surface area (Å²) in [5.41, 5.74) is 2.05. The van der Waals surface area contributed by atoms with E-state index >= 15 is 0 Å². The van der Waals surface area contributed by atoms with Gasteiger partial charge in [-0.25, -0.2) is 4.39 Å². The predicted octanol–water partition coefficient (Wildman–Crippen LogP) is 5.39. The monoisotopic (exact) mass is 452 g/mol. The minimum Gasteiger partial charge on any atom is -0.352 e. The van der Waals surface area contributed by atoms with Crippen LogP contribution in [-0.4, -0.2) is 34.6 Å². The lowest BCUT2D eigenvalue weighted by molar-refractivity contribution is -0.130. The van der Waals surface area contributed by atoms with Crippen LogP contribution in [-0.2, 0) is 11.3 Å². The molecule has 2 aromatic rings. The Labute approximate surface area is 193 Å². The Kier molecular flexibility index (Phi) is 7.30. The van der Waals surface area contributed by atoms with Crippen molar-refractivity contribution in [2.24, 2.45) is 0 Å². The Morgan fingerprint density at radius 3 is 2.66 bits per heavy atom. The largest absolute Gasteiger partial charge is 0.352 e. The van der Waals surface area contributed by atoms with E-state index in [2.05, 4.69) is 5.32 Å². The van der Waals surface area contributed by atoms with Crippen LogP contribution in [0.3, 0.4) is 0 Å². The van der Waals surface area contributed by atoms with Gasteiger partial charge in [-0.1, -0.05) is 50.1 Å². The van der Waals surface area contributed by atoms with Gasteiger partial charge in [-0.15, -0.1) is 11.8 Å². The SMILES string of the molecule is CCCNC(=O)c1ccc(/C=C2\SC3CCCCC3N(Cc3ccccc3F)C2=O)cc1. The lowest BCUT2D eigenvalue weighted by Crippen LogP contribution is -2.50. The molecule has 0 aromatic heterocycles. The maximum Gasteiger partial charge on any atom is 0.260 e. The topological polar surface area (TPSA) is 49.4 Å². The lowest BCUT2D eigenvalue weighted by atomic mass is 9.92. The van der Waals surface area contributed by atoms with E-state index in [0.29, 0.717) is 34.4 Å². The molecule has 168 valence electrons. The van der Waals surface area contributed by atoms with Crippen LogP contribution in [0.25, 0.3) is 6.08 Å². The van der Waals surface area contributed by atoms with E-state index in [0.717, 1.165) is 37.7 Å². The van der Waals surface area contributed by atoms with Gasteiger partial charge in [0.15, 0.2) is 0 Å². The zero-order chi connectivity index (χ0) is 22.5. The van der Waals surface area contributed by atoms with Crippen molar-refractivity contribution < 1.29 is 14.0 Å². The van der Waals surface area contributed by atoms with Crippen LogP contribution in [0.4, 0.5) is 4.39 Å². The van der Waals surface area contributed by atoms with Crippen LogP contribution in [0.15, 0.2) is 53.4 Å². The van der Waals surface area contributed by atoms with Gasteiger partial charge in [0.25, 0.3) is 11.8 Å². The van der Waals surface area contributed by atoms with Crippen molar-refractivity contribution in [1.82, 2.24) is 10.2 Å². The minimum absolute atomic E-state index is 0.0360. The van der Waals surface area contributed by atoms with E-state index in [4.69, 9.17) is 0 Å². The summed E-state index contributed by atoms with van der Waals surface area (Å²) in [5, 5.41) is 3.20. The molecule has 4 nitrogen and oxygen atoms in total. The molecule has 32 heavy (non-hydrogen) atoms. The second kappa shape index (κ2) is 10.3. The quantitative estimate of drug-likeness (QED) is 0.598. The Hall–Kier alpha value is -2.60. The molecule has 1 saturated carbocycles. The molecule has 0 radical (unpaired) electrons. The first-order valence-corrected chi connectivity index (χ1v) is 12.3. The summed E-state index contributed by atoms with van der Waals surface area (Å²) >= 11 is 1.66. The summed E-state index contributed by atoms with van der Waals surface area (Å²) in [7, 11) is 0. The maximum absolute atomic E-state index is 14.3. The molecule has 1 N–H and O–H groups in total. The Morgan fingerprint density at radius 1 is 1.16 bits per heavy atom. The van der Waals surface area contributed by atoms with Gasteiger partial charge in [-0.05, 0) is 49.1 Å². The molecule has 1 saturated heterocycles. The number of benzene rings is 2. The van der Waals surface area contributed by atoms with Gasteiger partial charge in [-0.3, -0.25) is 9.59 Å². The highest BCUT2D eigenvalue weighted by Gasteiger charge is 2.40. The number of amides is 2. The summed E-state index contributed by atoms with van der Waals surface area (Å²) in [6.07, 6.45) is 7.08. The summed E-state index contributed by atoms with van der Waals surface area (Å²) in [4.78, 5) is 28.1. The van der Waals surface area contributed by atoms with Crippen LogP contribution in [0.5, 0.6) is 0 Å². The first kappa shape index (κ1) is 22.6. The van der Waals surface area contributed by atoms with E-state index in [1.807, 2.05) is 36.1 Å². The third-order valence-corrected chi connectivity index (χ3v) is 7.52. The molecule has 2 unspecified atom stereocenters. The average Bonchev–Trinajstić information content (AvgIpc) is 2.82. The molecule has 4 rings (SSSR count). The Balaban J connectivity index is 1.57.